The van der Waals surface area contributed by atoms with Gasteiger partial charge in [0.05, 0.1) is 6.10 Å². The highest BCUT2D eigenvalue weighted by atomic mass is 16.3. The molecule has 0 aliphatic heterocycles. The Bertz CT molecular complexity index is 336. The maximum atomic E-state index is 9.86. The Hall–Kier alpha value is -0.900. The molecule has 2 atom stereocenters. The molecule has 2 unspecified atom stereocenters. The van der Waals surface area contributed by atoms with Gasteiger partial charge in [-0.3, -0.25) is 0 Å². The summed E-state index contributed by atoms with van der Waals surface area (Å²) in [6.45, 7) is 0.0749. The second-order valence-corrected chi connectivity index (χ2v) is 5.25. The molecule has 0 spiro atoms. The van der Waals surface area contributed by atoms with Gasteiger partial charge in [0, 0.05) is 6.54 Å². The molecule has 1 fully saturated rings. The van der Waals surface area contributed by atoms with Crippen molar-refractivity contribution in [3.63, 3.8) is 0 Å². The molecule has 0 saturated heterocycles. The van der Waals surface area contributed by atoms with E-state index in [-0.39, 0.29) is 6.54 Å². The first-order valence-electron chi connectivity index (χ1n) is 6.88. The Morgan fingerprint density at radius 3 is 2.22 bits per heavy atom. The van der Waals surface area contributed by atoms with E-state index in [1.54, 1.807) is 0 Å². The molecule has 0 amide bonds. The third-order valence-corrected chi connectivity index (χ3v) is 3.96. The molecule has 1 aliphatic carbocycles. The number of aliphatic hydroxyl groups is 2. The van der Waals surface area contributed by atoms with Crippen LogP contribution in [0.4, 0.5) is 0 Å². The van der Waals surface area contributed by atoms with E-state index in [1.807, 2.05) is 12.1 Å². The highest BCUT2D eigenvalue weighted by molar-refractivity contribution is 5.27. The second-order valence-electron chi connectivity index (χ2n) is 5.25. The number of hydrogen-bond donors (Lipinski definition) is 3. The summed E-state index contributed by atoms with van der Waals surface area (Å²) in [5, 5.41) is 19.4. The Balaban J connectivity index is 2.04. The average molecular weight is 249 g/mol. The van der Waals surface area contributed by atoms with Crippen molar-refractivity contribution in [1.82, 2.24) is 0 Å². The van der Waals surface area contributed by atoms with Gasteiger partial charge in [-0.15, -0.1) is 0 Å². The summed E-state index contributed by atoms with van der Waals surface area (Å²) in [7, 11) is 0. The van der Waals surface area contributed by atoms with Crippen molar-refractivity contribution in [2.75, 3.05) is 6.54 Å². The van der Waals surface area contributed by atoms with E-state index >= 15 is 0 Å². The van der Waals surface area contributed by atoms with Crippen molar-refractivity contribution in [2.45, 2.75) is 50.2 Å². The van der Waals surface area contributed by atoms with Gasteiger partial charge in [-0.05, 0) is 29.9 Å². The minimum Gasteiger partial charge on any atom is -0.389 e. The number of benzene rings is 1. The van der Waals surface area contributed by atoms with Gasteiger partial charge in [0.1, 0.15) is 6.10 Å². The molecular weight excluding hydrogens is 226 g/mol. The highest BCUT2D eigenvalue weighted by Gasteiger charge is 2.18. The van der Waals surface area contributed by atoms with E-state index in [4.69, 9.17) is 5.73 Å². The van der Waals surface area contributed by atoms with Crippen molar-refractivity contribution < 1.29 is 10.2 Å². The maximum absolute atomic E-state index is 9.86. The van der Waals surface area contributed by atoms with E-state index in [0.29, 0.717) is 5.92 Å². The van der Waals surface area contributed by atoms with Gasteiger partial charge in [0.2, 0.25) is 0 Å². The van der Waals surface area contributed by atoms with Crippen molar-refractivity contribution in [2.24, 2.45) is 5.73 Å². The fraction of sp³-hybridized carbons (Fsp3) is 0.600. The van der Waals surface area contributed by atoms with Crippen LogP contribution in [-0.4, -0.2) is 22.9 Å². The smallest absolute Gasteiger partial charge is 0.106 e. The highest BCUT2D eigenvalue weighted by Crippen LogP contribution is 2.33. The van der Waals surface area contributed by atoms with E-state index < -0.39 is 12.2 Å². The van der Waals surface area contributed by atoms with Gasteiger partial charge in [0.25, 0.3) is 0 Å². The first kappa shape index (κ1) is 13.5. The molecule has 0 aromatic heterocycles. The molecule has 2 rings (SSSR count). The van der Waals surface area contributed by atoms with Gasteiger partial charge >= 0.3 is 0 Å². The Kier molecular flexibility index (Phi) is 4.75. The quantitative estimate of drug-likeness (QED) is 0.765. The summed E-state index contributed by atoms with van der Waals surface area (Å²) >= 11 is 0. The fourth-order valence-electron chi connectivity index (χ4n) is 2.75. The molecule has 1 aromatic carbocycles. The standard InChI is InChI=1S/C15H23NO2/c16-10-14(17)15(18)13-8-6-12(7-9-13)11-4-2-1-3-5-11/h6-9,11,14-15,17-18H,1-5,10,16H2. The average Bonchev–Trinajstić information content (AvgIpc) is 2.47. The third-order valence-electron chi connectivity index (χ3n) is 3.96. The van der Waals surface area contributed by atoms with Crippen LogP contribution in [0.5, 0.6) is 0 Å². The Morgan fingerprint density at radius 1 is 1.06 bits per heavy atom. The van der Waals surface area contributed by atoms with Gasteiger partial charge < -0.3 is 15.9 Å². The van der Waals surface area contributed by atoms with Crippen LogP contribution in [0.25, 0.3) is 0 Å². The Labute approximate surface area is 109 Å². The predicted octanol–water partition coefficient (Wildman–Crippen LogP) is 2.09. The molecule has 3 heteroatoms. The zero-order chi connectivity index (χ0) is 13.0. The SMILES string of the molecule is NCC(O)C(O)c1ccc(C2CCCCC2)cc1. The predicted molar refractivity (Wildman–Crippen MR) is 72.3 cm³/mol. The van der Waals surface area contributed by atoms with Gasteiger partial charge in [-0.1, -0.05) is 43.5 Å². The Morgan fingerprint density at radius 2 is 1.67 bits per heavy atom. The van der Waals surface area contributed by atoms with Crippen molar-refractivity contribution in [3.05, 3.63) is 35.4 Å². The lowest BCUT2D eigenvalue weighted by Crippen LogP contribution is -2.27. The van der Waals surface area contributed by atoms with Crippen LogP contribution >= 0.6 is 0 Å². The van der Waals surface area contributed by atoms with Crippen molar-refractivity contribution in [1.29, 1.82) is 0 Å². The largest absolute Gasteiger partial charge is 0.389 e. The molecule has 3 nitrogen and oxygen atoms in total. The summed E-state index contributed by atoms with van der Waals surface area (Å²) in [5.74, 6) is 0.671. The van der Waals surface area contributed by atoms with Crippen molar-refractivity contribution >= 4 is 0 Å². The summed E-state index contributed by atoms with van der Waals surface area (Å²) in [4.78, 5) is 0. The maximum Gasteiger partial charge on any atom is 0.106 e. The van der Waals surface area contributed by atoms with Crippen LogP contribution in [0.2, 0.25) is 0 Å². The topological polar surface area (TPSA) is 66.5 Å². The van der Waals surface area contributed by atoms with Crippen LogP contribution in [0.3, 0.4) is 0 Å². The molecular formula is C15H23NO2. The monoisotopic (exact) mass is 249 g/mol. The van der Waals surface area contributed by atoms with Crippen LogP contribution in [0.15, 0.2) is 24.3 Å². The van der Waals surface area contributed by atoms with E-state index in [2.05, 4.69) is 12.1 Å². The summed E-state index contributed by atoms with van der Waals surface area (Å²) in [5.41, 5.74) is 7.44. The first-order chi connectivity index (χ1) is 8.72. The molecule has 0 bridgehead atoms. The molecule has 100 valence electrons. The zero-order valence-corrected chi connectivity index (χ0v) is 10.8. The fourth-order valence-corrected chi connectivity index (χ4v) is 2.75. The summed E-state index contributed by atoms with van der Waals surface area (Å²) in [6, 6.07) is 7.98. The number of hydrogen-bond acceptors (Lipinski definition) is 3. The zero-order valence-electron chi connectivity index (χ0n) is 10.8. The van der Waals surface area contributed by atoms with E-state index in [0.717, 1.165) is 5.56 Å². The lowest BCUT2D eigenvalue weighted by molar-refractivity contribution is 0.0243. The molecule has 1 saturated carbocycles. The minimum absolute atomic E-state index is 0.0749. The second kappa shape index (κ2) is 6.32. The molecule has 18 heavy (non-hydrogen) atoms. The lowest BCUT2D eigenvalue weighted by Gasteiger charge is -2.23. The molecule has 0 radical (unpaired) electrons. The molecule has 1 aromatic rings. The first-order valence-corrected chi connectivity index (χ1v) is 6.88. The van der Waals surface area contributed by atoms with Gasteiger partial charge in [0.15, 0.2) is 0 Å². The van der Waals surface area contributed by atoms with Crippen LogP contribution in [0, 0.1) is 0 Å². The normalized spacial score (nSPS) is 20.6. The molecule has 1 aliphatic rings. The summed E-state index contributed by atoms with van der Waals surface area (Å²) < 4.78 is 0. The van der Waals surface area contributed by atoms with Crippen molar-refractivity contribution in [3.8, 4) is 0 Å². The van der Waals surface area contributed by atoms with E-state index in [9.17, 15) is 10.2 Å². The van der Waals surface area contributed by atoms with Crippen LogP contribution in [0.1, 0.15) is 55.3 Å². The van der Waals surface area contributed by atoms with Gasteiger partial charge in [-0.25, -0.2) is 0 Å². The lowest BCUT2D eigenvalue weighted by atomic mass is 9.83. The van der Waals surface area contributed by atoms with Crippen LogP contribution in [-0.2, 0) is 0 Å². The molecule has 0 heterocycles. The number of nitrogens with two attached hydrogens (primary N) is 1. The van der Waals surface area contributed by atoms with Crippen LogP contribution < -0.4 is 5.73 Å². The third kappa shape index (κ3) is 3.10. The van der Waals surface area contributed by atoms with E-state index in [1.165, 1.54) is 37.7 Å². The summed E-state index contributed by atoms with van der Waals surface area (Å²) in [6.07, 6.45) is 4.78. The minimum atomic E-state index is -0.884. The molecule has 4 N–H and O–H groups in total. The number of aliphatic hydroxyl groups excluding tert-OH is 2. The van der Waals surface area contributed by atoms with Gasteiger partial charge in [-0.2, -0.15) is 0 Å². The number of rotatable bonds is 4.